The van der Waals surface area contributed by atoms with Gasteiger partial charge in [-0.25, -0.2) is 0 Å². The fourth-order valence-electron chi connectivity index (χ4n) is 1.98. The molecule has 0 saturated carbocycles. The minimum absolute atomic E-state index is 0.644. The number of hydrogen-bond acceptors (Lipinski definition) is 3. The van der Waals surface area contributed by atoms with Gasteiger partial charge in [0.2, 0.25) is 0 Å². The number of hydrogen-bond donors (Lipinski definition) is 1. The number of aliphatic hydroxyl groups is 1. The van der Waals surface area contributed by atoms with Gasteiger partial charge >= 0.3 is 0 Å². The third kappa shape index (κ3) is 3.12. The van der Waals surface area contributed by atoms with Gasteiger partial charge in [-0.3, -0.25) is 4.98 Å². The largest absolute Gasteiger partial charge is 0.493 e. The van der Waals surface area contributed by atoms with E-state index >= 15 is 0 Å². The van der Waals surface area contributed by atoms with Gasteiger partial charge in [-0.2, -0.15) is 0 Å². The van der Waals surface area contributed by atoms with Gasteiger partial charge in [0.1, 0.15) is 11.9 Å². The summed E-state index contributed by atoms with van der Waals surface area (Å²) in [6.07, 6.45) is 1.88. The van der Waals surface area contributed by atoms with Crippen molar-refractivity contribution in [2.45, 2.75) is 26.4 Å². The van der Waals surface area contributed by atoms with Crippen molar-refractivity contribution in [2.24, 2.45) is 0 Å². The fourth-order valence-corrected chi connectivity index (χ4v) is 1.98. The van der Waals surface area contributed by atoms with Crippen LogP contribution in [0.25, 0.3) is 0 Å². The van der Waals surface area contributed by atoms with Gasteiger partial charge in [-0.1, -0.05) is 31.2 Å². The standard InChI is InChI=1S/C16H19NO2/c1-3-11-19-14-9-5-4-8-13(14)16(18)15-12(2)7-6-10-17-15/h4-10,16,18H,3,11H2,1-2H3. The number of nitrogens with zero attached hydrogens (tertiary/aromatic N) is 1. The molecule has 2 rings (SSSR count). The summed E-state index contributed by atoms with van der Waals surface area (Å²) in [5.74, 6) is 0.724. The van der Waals surface area contributed by atoms with Crippen molar-refractivity contribution in [1.82, 2.24) is 4.98 Å². The minimum atomic E-state index is -0.755. The molecular formula is C16H19NO2. The van der Waals surface area contributed by atoms with E-state index in [9.17, 15) is 5.11 Å². The zero-order valence-corrected chi connectivity index (χ0v) is 11.3. The lowest BCUT2D eigenvalue weighted by molar-refractivity contribution is 0.205. The monoisotopic (exact) mass is 257 g/mol. The maximum Gasteiger partial charge on any atom is 0.125 e. The van der Waals surface area contributed by atoms with Crippen molar-refractivity contribution in [3.8, 4) is 5.75 Å². The predicted octanol–water partition coefficient (Wildman–Crippen LogP) is 3.26. The Morgan fingerprint density at radius 2 is 2.00 bits per heavy atom. The highest BCUT2D eigenvalue weighted by Crippen LogP contribution is 2.30. The highest BCUT2D eigenvalue weighted by Gasteiger charge is 2.18. The van der Waals surface area contributed by atoms with Crippen LogP contribution in [-0.4, -0.2) is 16.7 Å². The summed E-state index contributed by atoms with van der Waals surface area (Å²) in [5.41, 5.74) is 2.41. The fraction of sp³-hybridized carbons (Fsp3) is 0.312. The highest BCUT2D eigenvalue weighted by atomic mass is 16.5. The SMILES string of the molecule is CCCOc1ccccc1C(O)c1ncccc1C. The summed E-state index contributed by atoms with van der Waals surface area (Å²) in [7, 11) is 0. The predicted molar refractivity (Wildman–Crippen MR) is 75.3 cm³/mol. The van der Waals surface area contributed by atoms with Crippen molar-refractivity contribution in [2.75, 3.05) is 6.61 Å². The molecule has 3 heteroatoms. The first-order chi connectivity index (χ1) is 9.24. The van der Waals surface area contributed by atoms with Gasteiger partial charge in [0.05, 0.1) is 12.3 Å². The van der Waals surface area contributed by atoms with Gasteiger partial charge < -0.3 is 9.84 Å². The summed E-state index contributed by atoms with van der Waals surface area (Å²) in [4.78, 5) is 4.27. The quantitative estimate of drug-likeness (QED) is 0.894. The molecule has 0 saturated heterocycles. The van der Waals surface area contributed by atoms with Crippen molar-refractivity contribution in [1.29, 1.82) is 0 Å². The van der Waals surface area contributed by atoms with Crippen molar-refractivity contribution in [3.63, 3.8) is 0 Å². The molecule has 1 N–H and O–H groups in total. The molecule has 0 aliphatic carbocycles. The van der Waals surface area contributed by atoms with Gasteiger partial charge in [-0.05, 0) is 31.0 Å². The summed E-state index contributed by atoms with van der Waals surface area (Å²) in [6.45, 7) is 4.65. The summed E-state index contributed by atoms with van der Waals surface area (Å²) >= 11 is 0. The minimum Gasteiger partial charge on any atom is -0.493 e. The van der Waals surface area contributed by atoms with Gasteiger partial charge in [-0.15, -0.1) is 0 Å². The zero-order valence-electron chi connectivity index (χ0n) is 11.3. The van der Waals surface area contributed by atoms with E-state index in [0.29, 0.717) is 12.3 Å². The van der Waals surface area contributed by atoms with E-state index in [1.54, 1.807) is 6.20 Å². The van der Waals surface area contributed by atoms with Crippen LogP contribution in [0.5, 0.6) is 5.75 Å². The van der Waals surface area contributed by atoms with Crippen molar-refractivity contribution in [3.05, 3.63) is 59.4 Å². The average Bonchev–Trinajstić information content (AvgIpc) is 2.45. The van der Waals surface area contributed by atoms with E-state index in [1.807, 2.05) is 43.3 Å². The summed E-state index contributed by atoms with van der Waals surface area (Å²) in [6, 6.07) is 11.4. The molecule has 1 aromatic heterocycles. The molecule has 19 heavy (non-hydrogen) atoms. The molecule has 0 radical (unpaired) electrons. The van der Waals surface area contributed by atoms with Crippen LogP contribution in [0.2, 0.25) is 0 Å². The lowest BCUT2D eigenvalue weighted by Crippen LogP contribution is -2.07. The van der Waals surface area contributed by atoms with Crippen molar-refractivity contribution >= 4 is 0 Å². The third-order valence-electron chi connectivity index (χ3n) is 2.98. The maximum absolute atomic E-state index is 10.5. The first-order valence-electron chi connectivity index (χ1n) is 6.55. The van der Waals surface area contributed by atoms with Gasteiger partial charge in [0.25, 0.3) is 0 Å². The molecule has 2 aromatic rings. The van der Waals surface area contributed by atoms with Crippen LogP contribution < -0.4 is 4.74 Å². The van der Waals surface area contributed by atoms with E-state index < -0.39 is 6.10 Å². The van der Waals surface area contributed by atoms with Crippen LogP contribution in [0.4, 0.5) is 0 Å². The van der Waals surface area contributed by atoms with Gasteiger partial charge in [0.15, 0.2) is 0 Å². The van der Waals surface area contributed by atoms with Crippen LogP contribution in [0, 0.1) is 6.92 Å². The molecule has 0 aliphatic rings. The number of aromatic nitrogens is 1. The average molecular weight is 257 g/mol. The Labute approximate surface area is 113 Å². The molecule has 3 nitrogen and oxygen atoms in total. The Morgan fingerprint density at radius 3 is 2.74 bits per heavy atom. The molecular weight excluding hydrogens is 238 g/mol. The number of aliphatic hydroxyl groups excluding tert-OH is 1. The number of rotatable bonds is 5. The zero-order chi connectivity index (χ0) is 13.7. The lowest BCUT2D eigenvalue weighted by atomic mass is 10.0. The number of pyridine rings is 1. The number of benzene rings is 1. The number of ether oxygens (including phenoxy) is 1. The Morgan fingerprint density at radius 1 is 1.21 bits per heavy atom. The second-order valence-corrected chi connectivity index (χ2v) is 4.49. The Balaban J connectivity index is 2.33. The Bertz CT molecular complexity index is 540. The second kappa shape index (κ2) is 6.34. The van der Waals surface area contributed by atoms with Gasteiger partial charge in [0, 0.05) is 11.8 Å². The van der Waals surface area contributed by atoms with Crippen molar-refractivity contribution < 1.29 is 9.84 Å². The molecule has 0 amide bonds. The van der Waals surface area contributed by atoms with E-state index in [0.717, 1.165) is 23.3 Å². The summed E-state index contributed by atoms with van der Waals surface area (Å²) in [5, 5.41) is 10.5. The smallest absolute Gasteiger partial charge is 0.125 e. The first kappa shape index (κ1) is 13.6. The molecule has 1 heterocycles. The highest BCUT2D eigenvalue weighted by molar-refractivity contribution is 5.40. The van der Waals surface area contributed by atoms with Crippen LogP contribution in [0.15, 0.2) is 42.6 Å². The molecule has 1 atom stereocenters. The molecule has 1 unspecified atom stereocenters. The Hall–Kier alpha value is -1.87. The van der Waals surface area contributed by atoms with Crippen LogP contribution >= 0.6 is 0 Å². The maximum atomic E-state index is 10.5. The third-order valence-corrected chi connectivity index (χ3v) is 2.98. The first-order valence-corrected chi connectivity index (χ1v) is 6.55. The molecule has 1 aromatic carbocycles. The van der Waals surface area contributed by atoms with E-state index in [2.05, 4.69) is 11.9 Å². The normalized spacial score (nSPS) is 12.2. The molecule has 0 spiro atoms. The molecule has 0 fully saturated rings. The topological polar surface area (TPSA) is 42.4 Å². The molecule has 0 bridgehead atoms. The van der Waals surface area contributed by atoms with Crippen LogP contribution in [0.3, 0.4) is 0 Å². The second-order valence-electron chi connectivity index (χ2n) is 4.49. The van der Waals surface area contributed by atoms with E-state index in [4.69, 9.17) is 4.74 Å². The number of para-hydroxylation sites is 1. The van der Waals surface area contributed by atoms with Crippen LogP contribution in [0.1, 0.15) is 36.3 Å². The lowest BCUT2D eigenvalue weighted by Gasteiger charge is -2.17. The van der Waals surface area contributed by atoms with E-state index in [-0.39, 0.29) is 0 Å². The number of aryl methyl sites for hydroxylation is 1. The van der Waals surface area contributed by atoms with E-state index in [1.165, 1.54) is 0 Å². The summed E-state index contributed by atoms with van der Waals surface area (Å²) < 4.78 is 5.68. The Kier molecular flexibility index (Phi) is 4.53. The van der Waals surface area contributed by atoms with Crippen LogP contribution in [-0.2, 0) is 0 Å². The molecule has 0 aliphatic heterocycles. The molecule has 100 valence electrons.